The highest BCUT2D eigenvalue weighted by Gasteiger charge is 2.21. The zero-order valence-electron chi connectivity index (χ0n) is 21.9. The standard InChI is InChI=1S/C28H35N5O4/c1-5-33-14-12-21(13-15-33)36-22-10-11-23(29-18-22)24(34)16-19-6-8-20(9-7-19)30-27(35)31-26-17-25(37-32-26)28(2,3)4/h6-11,17-18,21H,5,12-16H2,1-4H3,(H2,30,31,32,35). The molecule has 0 bridgehead atoms. The second-order valence-corrected chi connectivity index (χ2v) is 10.3. The third-order valence-corrected chi connectivity index (χ3v) is 6.37. The lowest BCUT2D eigenvalue weighted by Crippen LogP contribution is -2.38. The maximum Gasteiger partial charge on any atom is 0.324 e. The zero-order valence-corrected chi connectivity index (χ0v) is 21.9. The molecule has 1 aliphatic rings. The molecule has 4 rings (SSSR count). The Labute approximate surface area is 217 Å². The van der Waals surface area contributed by atoms with Crippen LogP contribution in [-0.4, -0.2) is 52.6 Å². The molecule has 1 saturated heterocycles. The van der Waals surface area contributed by atoms with Gasteiger partial charge in [0.2, 0.25) is 0 Å². The van der Waals surface area contributed by atoms with Gasteiger partial charge in [0.05, 0.1) is 6.20 Å². The van der Waals surface area contributed by atoms with Gasteiger partial charge in [-0.1, -0.05) is 45.0 Å². The lowest BCUT2D eigenvalue weighted by molar-refractivity contribution is 0.0985. The van der Waals surface area contributed by atoms with Crippen LogP contribution >= 0.6 is 0 Å². The normalized spacial score (nSPS) is 14.8. The number of hydrogen-bond donors (Lipinski definition) is 2. The van der Waals surface area contributed by atoms with Crippen molar-refractivity contribution in [1.29, 1.82) is 0 Å². The summed E-state index contributed by atoms with van der Waals surface area (Å²) in [5.41, 5.74) is 1.62. The van der Waals surface area contributed by atoms with Crippen molar-refractivity contribution < 1.29 is 18.8 Å². The number of carbonyl (C=O) groups is 2. The SMILES string of the molecule is CCN1CCC(Oc2ccc(C(=O)Cc3ccc(NC(=O)Nc4cc(C(C)(C)C)on4)cc3)nc2)CC1. The van der Waals surface area contributed by atoms with E-state index in [2.05, 4.69) is 32.6 Å². The van der Waals surface area contributed by atoms with E-state index >= 15 is 0 Å². The number of aromatic nitrogens is 2. The number of rotatable bonds is 8. The molecule has 1 fully saturated rings. The number of carbonyl (C=O) groups excluding carboxylic acids is 2. The smallest absolute Gasteiger partial charge is 0.324 e. The molecule has 0 radical (unpaired) electrons. The Morgan fingerprint density at radius 1 is 1.08 bits per heavy atom. The number of hydrogen-bond acceptors (Lipinski definition) is 7. The van der Waals surface area contributed by atoms with Gasteiger partial charge in [-0.15, -0.1) is 0 Å². The molecule has 0 unspecified atom stereocenters. The lowest BCUT2D eigenvalue weighted by Gasteiger charge is -2.31. The third-order valence-electron chi connectivity index (χ3n) is 6.37. The monoisotopic (exact) mass is 505 g/mol. The van der Waals surface area contributed by atoms with Crippen LogP contribution in [0.4, 0.5) is 16.3 Å². The van der Waals surface area contributed by atoms with Gasteiger partial charge in [-0.25, -0.2) is 9.78 Å². The molecule has 9 nitrogen and oxygen atoms in total. The van der Waals surface area contributed by atoms with E-state index in [4.69, 9.17) is 9.26 Å². The molecule has 2 N–H and O–H groups in total. The molecule has 0 spiro atoms. The summed E-state index contributed by atoms with van der Waals surface area (Å²) in [5.74, 6) is 1.64. The summed E-state index contributed by atoms with van der Waals surface area (Å²) in [6.45, 7) is 11.3. The van der Waals surface area contributed by atoms with Crippen molar-refractivity contribution in [1.82, 2.24) is 15.0 Å². The molecule has 0 atom stereocenters. The summed E-state index contributed by atoms with van der Waals surface area (Å²) in [6, 6.07) is 11.9. The Bertz CT molecular complexity index is 1190. The van der Waals surface area contributed by atoms with E-state index < -0.39 is 6.03 Å². The molecule has 37 heavy (non-hydrogen) atoms. The van der Waals surface area contributed by atoms with Crippen molar-refractivity contribution in [3.63, 3.8) is 0 Å². The number of Topliss-reactive ketones (excluding diaryl/α,β-unsaturated/α-hetero) is 1. The molecule has 1 aliphatic heterocycles. The summed E-state index contributed by atoms with van der Waals surface area (Å²) < 4.78 is 11.3. The van der Waals surface area contributed by atoms with Crippen LogP contribution in [-0.2, 0) is 11.8 Å². The Morgan fingerprint density at radius 3 is 2.41 bits per heavy atom. The first kappa shape index (κ1) is 26.3. The highest BCUT2D eigenvalue weighted by Crippen LogP contribution is 2.24. The van der Waals surface area contributed by atoms with E-state index in [9.17, 15) is 9.59 Å². The third kappa shape index (κ3) is 7.39. The lowest BCUT2D eigenvalue weighted by atomic mass is 9.93. The van der Waals surface area contributed by atoms with Crippen LogP contribution < -0.4 is 15.4 Å². The second-order valence-electron chi connectivity index (χ2n) is 10.3. The molecular weight excluding hydrogens is 470 g/mol. The molecule has 0 aliphatic carbocycles. The van der Waals surface area contributed by atoms with Crippen LogP contribution in [0.15, 0.2) is 53.2 Å². The van der Waals surface area contributed by atoms with Crippen LogP contribution in [0.1, 0.15) is 62.3 Å². The minimum Gasteiger partial charge on any atom is -0.489 e. The number of nitrogens with one attached hydrogen (secondary N) is 2. The topological polar surface area (TPSA) is 110 Å². The Kier molecular flexibility index (Phi) is 8.23. The number of benzene rings is 1. The number of nitrogens with zero attached hydrogens (tertiary/aromatic N) is 3. The van der Waals surface area contributed by atoms with Crippen LogP contribution in [0, 0.1) is 0 Å². The molecule has 1 aromatic carbocycles. The molecule has 2 amide bonds. The molecule has 2 aromatic heterocycles. The predicted octanol–water partition coefficient (Wildman–Crippen LogP) is 5.30. The van der Waals surface area contributed by atoms with Gasteiger partial charge < -0.3 is 19.5 Å². The minimum atomic E-state index is -0.431. The fourth-order valence-corrected chi connectivity index (χ4v) is 4.10. The molecule has 196 valence electrons. The number of piperidine rings is 1. The first-order chi connectivity index (χ1) is 17.7. The number of pyridine rings is 1. The Balaban J connectivity index is 1.25. The fourth-order valence-electron chi connectivity index (χ4n) is 4.10. The summed E-state index contributed by atoms with van der Waals surface area (Å²) >= 11 is 0. The Morgan fingerprint density at radius 2 is 1.81 bits per heavy atom. The molecule has 3 aromatic rings. The van der Waals surface area contributed by atoms with E-state index in [1.807, 2.05) is 39.0 Å². The average Bonchev–Trinajstić information content (AvgIpc) is 3.35. The van der Waals surface area contributed by atoms with Crippen molar-refractivity contribution in [2.45, 2.75) is 58.5 Å². The van der Waals surface area contributed by atoms with Gasteiger partial charge in [0.15, 0.2) is 11.6 Å². The number of anilines is 2. The average molecular weight is 506 g/mol. The number of amides is 2. The van der Waals surface area contributed by atoms with Crippen molar-refractivity contribution in [3.8, 4) is 5.75 Å². The maximum atomic E-state index is 12.7. The van der Waals surface area contributed by atoms with Crippen LogP contribution in [0.25, 0.3) is 0 Å². The second kappa shape index (κ2) is 11.6. The minimum absolute atomic E-state index is 0.0815. The van der Waals surface area contributed by atoms with Crippen molar-refractivity contribution in [3.05, 3.63) is 65.7 Å². The van der Waals surface area contributed by atoms with Crippen molar-refractivity contribution >= 4 is 23.3 Å². The predicted molar refractivity (Wildman–Crippen MR) is 142 cm³/mol. The molecule has 0 saturated carbocycles. The fraction of sp³-hybridized carbons (Fsp3) is 0.429. The summed E-state index contributed by atoms with van der Waals surface area (Å²) in [7, 11) is 0. The van der Waals surface area contributed by atoms with Gasteiger partial charge in [-0.05, 0) is 49.2 Å². The number of ketones is 1. The van der Waals surface area contributed by atoms with Gasteiger partial charge in [0.25, 0.3) is 0 Å². The van der Waals surface area contributed by atoms with Gasteiger partial charge in [0, 0.05) is 36.7 Å². The van der Waals surface area contributed by atoms with Crippen molar-refractivity contribution in [2.75, 3.05) is 30.3 Å². The highest BCUT2D eigenvalue weighted by molar-refractivity contribution is 5.99. The van der Waals surface area contributed by atoms with E-state index in [1.54, 1.807) is 30.5 Å². The first-order valence-electron chi connectivity index (χ1n) is 12.7. The largest absolute Gasteiger partial charge is 0.489 e. The van der Waals surface area contributed by atoms with Crippen molar-refractivity contribution in [2.24, 2.45) is 0 Å². The first-order valence-corrected chi connectivity index (χ1v) is 12.7. The van der Waals surface area contributed by atoms with Crippen LogP contribution in [0.3, 0.4) is 0 Å². The van der Waals surface area contributed by atoms with E-state index in [-0.39, 0.29) is 23.7 Å². The number of likely N-dealkylation sites (tertiary alicyclic amines) is 1. The van der Waals surface area contributed by atoms with Gasteiger partial charge in [-0.2, -0.15) is 0 Å². The molecule has 3 heterocycles. The van der Waals surface area contributed by atoms with Crippen LogP contribution in [0.2, 0.25) is 0 Å². The molecule has 9 heteroatoms. The van der Waals surface area contributed by atoms with E-state index in [0.29, 0.717) is 28.7 Å². The van der Waals surface area contributed by atoms with Gasteiger partial charge in [0.1, 0.15) is 23.3 Å². The summed E-state index contributed by atoms with van der Waals surface area (Å²) in [4.78, 5) is 31.7. The maximum absolute atomic E-state index is 12.7. The quantitative estimate of drug-likeness (QED) is 0.400. The zero-order chi connectivity index (χ0) is 26.4. The molecular formula is C28H35N5O4. The van der Waals surface area contributed by atoms with Gasteiger partial charge in [-0.3, -0.25) is 10.1 Å². The van der Waals surface area contributed by atoms with E-state index in [1.165, 1.54) is 0 Å². The van der Waals surface area contributed by atoms with Gasteiger partial charge >= 0.3 is 6.03 Å². The summed E-state index contributed by atoms with van der Waals surface area (Å²) in [5, 5.41) is 9.29. The number of ether oxygens (including phenoxy) is 1. The van der Waals surface area contributed by atoms with Crippen LogP contribution in [0.5, 0.6) is 5.75 Å². The Hall–Kier alpha value is -3.72. The number of urea groups is 1. The summed E-state index contributed by atoms with van der Waals surface area (Å²) in [6.07, 6.45) is 4.03. The van der Waals surface area contributed by atoms with E-state index in [0.717, 1.165) is 38.0 Å². The highest BCUT2D eigenvalue weighted by atomic mass is 16.5.